The van der Waals surface area contributed by atoms with Crippen molar-refractivity contribution >= 4 is 30.3 Å². The fourth-order valence-electron chi connectivity index (χ4n) is 4.09. The molecule has 0 aromatic rings. The molecule has 0 aliphatic heterocycles. The van der Waals surface area contributed by atoms with E-state index in [1.54, 1.807) is 6.08 Å². The van der Waals surface area contributed by atoms with Gasteiger partial charge in [0.25, 0.3) is 0 Å². The van der Waals surface area contributed by atoms with Crippen LogP contribution in [0.25, 0.3) is 0 Å². The number of allylic oxidation sites excluding steroid dienone is 3. The van der Waals surface area contributed by atoms with Gasteiger partial charge in [0.05, 0.1) is 0 Å². The molecule has 0 saturated carbocycles. The van der Waals surface area contributed by atoms with Crippen molar-refractivity contribution in [1.29, 1.82) is 0 Å². The molecule has 5 heteroatoms. The first-order valence-electron chi connectivity index (χ1n) is 11.3. The van der Waals surface area contributed by atoms with Crippen LogP contribution in [0.4, 0.5) is 0 Å². The fourth-order valence-corrected chi connectivity index (χ4v) is 19.3. The molecule has 0 aromatic heterocycles. The summed E-state index contributed by atoms with van der Waals surface area (Å²) in [7, 11) is 2.63. The molecule has 0 unspecified atom stereocenters. The van der Waals surface area contributed by atoms with Gasteiger partial charge >= 0.3 is 184 Å². The van der Waals surface area contributed by atoms with Crippen molar-refractivity contribution in [1.82, 2.24) is 0 Å². The Morgan fingerprint density at radius 3 is 1.62 bits per heavy atom. The molecule has 0 heterocycles. The maximum atomic E-state index is 12.4. The van der Waals surface area contributed by atoms with Gasteiger partial charge in [0.1, 0.15) is 0 Å². The Morgan fingerprint density at radius 2 is 1.28 bits per heavy atom. The van der Waals surface area contributed by atoms with Crippen molar-refractivity contribution < 1.29 is 19.1 Å². The minimum absolute atomic E-state index is 0.215. The number of ether oxygens (including phenoxy) is 2. The van der Waals surface area contributed by atoms with E-state index in [4.69, 9.17) is 9.47 Å². The molecule has 0 N–H and O–H groups in total. The molecule has 0 fully saturated rings. The third-order valence-corrected chi connectivity index (χ3v) is 21.3. The van der Waals surface area contributed by atoms with Gasteiger partial charge < -0.3 is 0 Å². The second-order valence-electron chi connectivity index (χ2n) is 8.25. The molecule has 0 spiro atoms. The molecule has 0 aliphatic rings. The molecule has 0 amide bonds. The average molecular weight is 515 g/mol. The number of carbonyl (C=O) groups is 2. The molecule has 0 aromatic carbocycles. The van der Waals surface area contributed by atoms with Gasteiger partial charge in [-0.05, 0) is 0 Å². The molecule has 4 nitrogen and oxygen atoms in total. The van der Waals surface area contributed by atoms with E-state index in [1.165, 1.54) is 70.5 Å². The minimum atomic E-state index is -2.25. The van der Waals surface area contributed by atoms with Gasteiger partial charge in [-0.3, -0.25) is 0 Å². The van der Waals surface area contributed by atoms with Crippen molar-refractivity contribution in [3.8, 4) is 0 Å². The van der Waals surface area contributed by atoms with Gasteiger partial charge in [-0.1, -0.05) is 0 Å². The number of methoxy groups -OCH3 is 2. The average Bonchev–Trinajstić information content (AvgIpc) is 2.75. The SMILES string of the molecule is C=CCC(C/C=C/[CH2][Sn]([CH2]CCC)([CH2]CCC)[CH2]CCC)(C(=O)OC)C(=O)OC. The fraction of sp³-hybridized carbons (Fsp3) is 0.750. The van der Waals surface area contributed by atoms with E-state index >= 15 is 0 Å². The summed E-state index contributed by atoms with van der Waals surface area (Å²) in [4.78, 5) is 24.9. The first-order valence-corrected chi connectivity index (χ1v) is 19.4. The third-order valence-electron chi connectivity index (χ3n) is 6.01. The summed E-state index contributed by atoms with van der Waals surface area (Å²) in [6, 6.07) is 0. The zero-order chi connectivity index (χ0) is 22.2. The second kappa shape index (κ2) is 16.0. The van der Waals surface area contributed by atoms with Crippen LogP contribution in [0, 0.1) is 5.41 Å². The summed E-state index contributed by atoms with van der Waals surface area (Å²) in [5.41, 5.74) is -1.32. The first kappa shape index (κ1) is 28.2. The van der Waals surface area contributed by atoms with Gasteiger partial charge in [-0.15, -0.1) is 0 Å². The molecule has 0 saturated heterocycles. The molecule has 0 radical (unpaired) electrons. The molecule has 0 rings (SSSR count). The van der Waals surface area contributed by atoms with Crippen LogP contribution in [0.15, 0.2) is 24.8 Å². The van der Waals surface area contributed by atoms with Crippen LogP contribution in [0.1, 0.15) is 72.1 Å². The van der Waals surface area contributed by atoms with Gasteiger partial charge in [0.2, 0.25) is 0 Å². The Bertz CT molecular complexity index is 475. The van der Waals surface area contributed by atoms with E-state index in [0.29, 0.717) is 6.42 Å². The van der Waals surface area contributed by atoms with E-state index in [0.717, 1.165) is 0 Å². The molecule has 0 aliphatic carbocycles. The Balaban J connectivity index is 5.51. The van der Waals surface area contributed by atoms with Crippen LogP contribution >= 0.6 is 0 Å². The van der Waals surface area contributed by atoms with Crippen LogP contribution in [0.5, 0.6) is 0 Å². The Labute approximate surface area is 183 Å². The van der Waals surface area contributed by atoms with E-state index in [2.05, 4.69) is 33.4 Å². The summed E-state index contributed by atoms with van der Waals surface area (Å²) in [5.74, 6) is -1.10. The molecule has 168 valence electrons. The predicted octanol–water partition coefficient (Wildman–Crippen LogP) is 6.69. The Kier molecular flexibility index (Phi) is 15.5. The number of hydrogen-bond acceptors (Lipinski definition) is 4. The van der Waals surface area contributed by atoms with Gasteiger partial charge in [-0.25, -0.2) is 0 Å². The van der Waals surface area contributed by atoms with Crippen molar-refractivity contribution in [3.05, 3.63) is 24.8 Å². The van der Waals surface area contributed by atoms with Crippen molar-refractivity contribution in [2.75, 3.05) is 14.2 Å². The molecule has 0 bridgehead atoms. The van der Waals surface area contributed by atoms with Crippen LogP contribution in [-0.2, 0) is 19.1 Å². The maximum absolute atomic E-state index is 12.4. The first-order chi connectivity index (χ1) is 13.9. The van der Waals surface area contributed by atoms with Gasteiger partial charge in [0, 0.05) is 0 Å². The molecule has 29 heavy (non-hydrogen) atoms. The number of carbonyl (C=O) groups excluding carboxylic acids is 2. The van der Waals surface area contributed by atoms with E-state index in [1.807, 2.05) is 6.08 Å². The topological polar surface area (TPSA) is 52.6 Å². The standard InChI is InChI=1S/C12H17O4.3C4H9.Sn/c1-5-7-9-12(8-6-2,10(13)15-3)11(14)16-4;3*1-3-4-2;/h5-7H,1-2,8-9H2,3-4H3;3*1,3-4H2,2H3;/b7-5+;;;;. The Hall–Kier alpha value is -0.781. The number of hydrogen-bond donors (Lipinski definition) is 0. The van der Waals surface area contributed by atoms with Crippen LogP contribution in [0.3, 0.4) is 0 Å². The number of esters is 2. The summed E-state index contributed by atoms with van der Waals surface area (Å²) >= 11 is -2.25. The summed E-state index contributed by atoms with van der Waals surface area (Å²) < 4.78 is 15.4. The van der Waals surface area contributed by atoms with Crippen LogP contribution < -0.4 is 0 Å². The zero-order valence-corrected chi connectivity index (χ0v) is 22.4. The van der Waals surface area contributed by atoms with E-state index in [-0.39, 0.29) is 6.42 Å². The van der Waals surface area contributed by atoms with Crippen molar-refractivity contribution in [3.63, 3.8) is 0 Å². The molecular weight excluding hydrogens is 471 g/mol. The van der Waals surface area contributed by atoms with Crippen LogP contribution in [-0.4, -0.2) is 44.5 Å². The number of unbranched alkanes of at least 4 members (excludes halogenated alkanes) is 3. The van der Waals surface area contributed by atoms with E-state index < -0.39 is 35.7 Å². The quantitative estimate of drug-likeness (QED) is 0.0938. The van der Waals surface area contributed by atoms with Crippen molar-refractivity contribution in [2.24, 2.45) is 5.41 Å². The normalized spacial score (nSPS) is 12.2. The number of rotatable bonds is 17. The zero-order valence-electron chi connectivity index (χ0n) is 19.6. The van der Waals surface area contributed by atoms with Crippen LogP contribution in [0.2, 0.25) is 17.7 Å². The second-order valence-corrected chi connectivity index (χ2v) is 22.3. The molecular formula is C24H44O4Sn. The molecule has 0 atom stereocenters. The van der Waals surface area contributed by atoms with Gasteiger partial charge in [-0.2, -0.15) is 0 Å². The third kappa shape index (κ3) is 9.27. The summed E-state index contributed by atoms with van der Waals surface area (Å²) in [5, 5.41) is 0. The monoisotopic (exact) mass is 516 g/mol. The van der Waals surface area contributed by atoms with E-state index in [9.17, 15) is 9.59 Å². The summed E-state index contributed by atoms with van der Waals surface area (Å²) in [6.07, 6.45) is 14.2. The van der Waals surface area contributed by atoms with Gasteiger partial charge in [0.15, 0.2) is 0 Å². The summed E-state index contributed by atoms with van der Waals surface area (Å²) in [6.45, 7) is 10.6. The van der Waals surface area contributed by atoms with Crippen molar-refractivity contribution in [2.45, 2.75) is 89.9 Å². The Morgan fingerprint density at radius 1 is 0.828 bits per heavy atom. The predicted molar refractivity (Wildman–Crippen MR) is 125 cm³/mol.